The maximum atomic E-state index is 13.2. The van der Waals surface area contributed by atoms with Crippen molar-refractivity contribution < 1.29 is 23.5 Å². The van der Waals surface area contributed by atoms with E-state index < -0.39 is 32.2 Å². The van der Waals surface area contributed by atoms with Crippen LogP contribution in [0.4, 0.5) is 4.79 Å². The van der Waals surface area contributed by atoms with Crippen LogP contribution in [0.2, 0.25) is 26.7 Å². The van der Waals surface area contributed by atoms with Gasteiger partial charge in [-0.3, -0.25) is 19.6 Å². The number of carbonyl (C=O) groups is 3. The number of pyridine rings is 2. The number of imide groups is 1. The second-order valence-corrected chi connectivity index (χ2v) is 17.7. The van der Waals surface area contributed by atoms with Gasteiger partial charge < -0.3 is 9.16 Å². The Morgan fingerprint density at radius 2 is 1.46 bits per heavy atom. The van der Waals surface area contributed by atoms with Crippen molar-refractivity contribution in [3.63, 3.8) is 0 Å². The van der Waals surface area contributed by atoms with Crippen molar-refractivity contribution in [2.75, 3.05) is 0 Å². The van der Waals surface area contributed by atoms with Gasteiger partial charge in [-0.05, 0) is 61.7 Å². The van der Waals surface area contributed by atoms with Gasteiger partial charge in [0.05, 0.1) is 15.7 Å². The van der Waals surface area contributed by atoms with E-state index in [-0.39, 0.29) is 5.91 Å². The summed E-state index contributed by atoms with van der Waals surface area (Å²) in [7, 11) is -2.35. The summed E-state index contributed by atoms with van der Waals surface area (Å²) in [5.41, 5.74) is 1.17. The van der Waals surface area contributed by atoms with Crippen molar-refractivity contribution in [3.8, 4) is 0 Å². The van der Waals surface area contributed by atoms with Gasteiger partial charge in [-0.1, -0.05) is 64.7 Å². The number of carbonyl (C=O) groups excluding carboxylic acids is 3. The van der Waals surface area contributed by atoms with Gasteiger partial charge in [0.15, 0.2) is 12.4 Å². The quantitative estimate of drug-likeness (QED) is 0.184. The van der Waals surface area contributed by atoms with Crippen LogP contribution in [0, 0.1) is 0 Å². The Hall–Kier alpha value is -2.33. The van der Waals surface area contributed by atoms with Gasteiger partial charge in [0, 0.05) is 12.4 Å². The van der Waals surface area contributed by atoms with Gasteiger partial charge in [0.25, 0.3) is 5.91 Å². The number of β-lactam (4-membered cyclic amide) rings is 1. The predicted octanol–water partition coefficient (Wildman–Crippen LogP) is 7.66. The summed E-state index contributed by atoms with van der Waals surface area (Å²) in [6, 6.07) is 5.99. The van der Waals surface area contributed by atoms with E-state index in [0.717, 1.165) is 4.90 Å². The Balaban J connectivity index is 0.000000499. The van der Waals surface area contributed by atoms with Crippen LogP contribution >= 0.6 is 23.2 Å². The van der Waals surface area contributed by atoms with Gasteiger partial charge >= 0.3 is 6.09 Å². The fraction of sp³-hybridized carbons (Fsp3) is 0.536. The van der Waals surface area contributed by atoms with E-state index in [0.29, 0.717) is 44.3 Å². The number of ether oxygens (including phenoxy) is 1. The number of nitrogens with zero attached hydrogens (tertiary/aromatic N) is 3. The lowest BCUT2D eigenvalue weighted by molar-refractivity contribution is -0.163. The molecule has 39 heavy (non-hydrogen) atoms. The molecule has 8 nitrogen and oxygen atoms in total. The Bertz CT molecular complexity index is 1110. The highest BCUT2D eigenvalue weighted by molar-refractivity contribution is 6.77. The first-order chi connectivity index (χ1) is 18.0. The molecule has 1 aliphatic heterocycles. The fourth-order valence-corrected chi connectivity index (χ4v) is 10.7. The standard InChI is InChI=1S/C22H35ClN2O4Si.C6H4ClNO/c1-13(2)30(14(3)4,15(5)6)29-19-18(17-11-10-16(23)12-24-17)25(20(19)26)21(27)28-22(7,8)9;7-5-1-2-6(4-9)8-3-5/h10-15,18-19H,1-9H3;1-4H/t18-,19+;/m0./s1. The Morgan fingerprint density at radius 1 is 0.949 bits per heavy atom. The Kier molecular flexibility index (Phi) is 11.3. The molecule has 0 aliphatic carbocycles. The van der Waals surface area contributed by atoms with Crippen molar-refractivity contribution in [2.45, 2.75) is 96.7 Å². The van der Waals surface area contributed by atoms with Gasteiger partial charge in [-0.2, -0.15) is 0 Å². The molecule has 3 rings (SSSR count). The molecular weight excluding hydrogens is 557 g/mol. The zero-order valence-corrected chi connectivity index (χ0v) is 26.6. The monoisotopic (exact) mass is 595 g/mol. The lowest BCUT2D eigenvalue weighted by atomic mass is 9.95. The summed E-state index contributed by atoms with van der Waals surface area (Å²) >= 11 is 11.5. The van der Waals surface area contributed by atoms with Crippen LogP contribution in [-0.2, 0) is 14.0 Å². The minimum atomic E-state index is -2.35. The SMILES string of the molecule is CC(C)[Si](O[C@H]1C(=O)N(C(=O)OC(C)(C)C)[C@H]1c1ccc(Cl)cn1)(C(C)C)C(C)C.O=Cc1ccc(Cl)cn1. The first kappa shape index (κ1) is 32.9. The average molecular weight is 597 g/mol. The number of aldehydes is 1. The number of amides is 2. The zero-order valence-electron chi connectivity index (χ0n) is 24.1. The lowest BCUT2D eigenvalue weighted by Crippen LogP contribution is -2.66. The van der Waals surface area contributed by atoms with E-state index >= 15 is 0 Å². The third-order valence-corrected chi connectivity index (χ3v) is 13.1. The molecule has 1 saturated heterocycles. The van der Waals surface area contributed by atoms with Crippen LogP contribution in [0.5, 0.6) is 0 Å². The fourth-order valence-electron chi connectivity index (χ4n) is 5.03. The minimum absolute atomic E-state index is 0.305. The van der Waals surface area contributed by atoms with E-state index in [1.165, 1.54) is 12.4 Å². The molecule has 0 bridgehead atoms. The third kappa shape index (κ3) is 7.87. The van der Waals surface area contributed by atoms with E-state index in [4.69, 9.17) is 32.4 Å². The van der Waals surface area contributed by atoms with Crippen molar-refractivity contribution in [2.24, 2.45) is 0 Å². The molecule has 1 fully saturated rings. The molecule has 0 saturated carbocycles. The maximum absolute atomic E-state index is 13.2. The van der Waals surface area contributed by atoms with Crippen molar-refractivity contribution in [3.05, 3.63) is 58.1 Å². The molecule has 2 aromatic rings. The first-order valence-electron chi connectivity index (χ1n) is 13.0. The summed E-state index contributed by atoms with van der Waals surface area (Å²) in [5.74, 6) is -0.371. The van der Waals surface area contributed by atoms with Crippen molar-refractivity contribution >= 4 is 49.8 Å². The number of hydrogen-bond donors (Lipinski definition) is 0. The lowest BCUT2D eigenvalue weighted by Gasteiger charge is -2.51. The molecule has 3 heterocycles. The molecule has 1 aliphatic rings. The number of aromatic nitrogens is 2. The smallest absolute Gasteiger partial charge is 0.417 e. The van der Waals surface area contributed by atoms with E-state index in [1.807, 2.05) is 0 Å². The largest absolute Gasteiger partial charge is 0.443 e. The van der Waals surface area contributed by atoms with Crippen LogP contribution in [0.25, 0.3) is 0 Å². The van der Waals surface area contributed by atoms with Crippen LogP contribution in [0.3, 0.4) is 0 Å². The molecule has 0 spiro atoms. The highest BCUT2D eigenvalue weighted by atomic mass is 35.5. The van der Waals surface area contributed by atoms with E-state index in [1.54, 1.807) is 45.0 Å². The highest BCUT2D eigenvalue weighted by Gasteiger charge is 2.59. The minimum Gasteiger partial charge on any atom is -0.443 e. The molecule has 11 heteroatoms. The van der Waals surface area contributed by atoms with Crippen LogP contribution in [-0.4, -0.2) is 53.2 Å². The Morgan fingerprint density at radius 3 is 1.85 bits per heavy atom. The molecule has 0 aromatic carbocycles. The van der Waals surface area contributed by atoms with Gasteiger partial charge in [0.1, 0.15) is 17.3 Å². The summed E-state index contributed by atoms with van der Waals surface area (Å²) in [6.07, 6.45) is 2.19. The number of halogens is 2. The third-order valence-electron chi connectivity index (χ3n) is 6.60. The maximum Gasteiger partial charge on any atom is 0.417 e. The van der Waals surface area contributed by atoms with E-state index in [2.05, 4.69) is 51.5 Å². The molecule has 2 atom stereocenters. The summed E-state index contributed by atoms with van der Waals surface area (Å²) in [6.45, 7) is 18.3. The van der Waals surface area contributed by atoms with Gasteiger partial charge in [-0.25, -0.2) is 9.69 Å². The first-order valence-corrected chi connectivity index (χ1v) is 15.9. The topological polar surface area (TPSA) is 98.7 Å². The highest BCUT2D eigenvalue weighted by Crippen LogP contribution is 2.47. The van der Waals surface area contributed by atoms with Crippen LogP contribution in [0.15, 0.2) is 36.7 Å². The van der Waals surface area contributed by atoms with Crippen molar-refractivity contribution in [1.29, 1.82) is 0 Å². The van der Waals surface area contributed by atoms with Gasteiger partial charge in [-0.15, -0.1) is 0 Å². The summed E-state index contributed by atoms with van der Waals surface area (Å²) in [4.78, 5) is 45.2. The number of rotatable bonds is 7. The second-order valence-electron chi connectivity index (χ2n) is 11.4. The summed E-state index contributed by atoms with van der Waals surface area (Å²) < 4.78 is 12.2. The zero-order chi connectivity index (χ0) is 29.7. The molecule has 0 radical (unpaired) electrons. The normalized spacial score (nSPS) is 17.6. The predicted molar refractivity (Wildman–Crippen MR) is 156 cm³/mol. The molecule has 0 unspecified atom stereocenters. The summed E-state index contributed by atoms with van der Waals surface area (Å²) in [5, 5.41) is 1.03. The Labute approximate surface area is 242 Å². The van der Waals surface area contributed by atoms with Crippen LogP contribution < -0.4 is 0 Å². The molecule has 2 amide bonds. The van der Waals surface area contributed by atoms with E-state index in [9.17, 15) is 14.4 Å². The average Bonchev–Trinajstić information content (AvgIpc) is 2.82. The molecule has 214 valence electrons. The number of hydrogen-bond acceptors (Lipinski definition) is 7. The number of likely N-dealkylation sites (tertiary alicyclic amines) is 1. The van der Waals surface area contributed by atoms with Gasteiger partial charge in [0.2, 0.25) is 8.32 Å². The second kappa shape index (κ2) is 13.3. The van der Waals surface area contributed by atoms with Crippen LogP contribution in [0.1, 0.15) is 84.5 Å². The molecule has 0 N–H and O–H groups in total. The van der Waals surface area contributed by atoms with Crippen molar-refractivity contribution in [1.82, 2.24) is 14.9 Å². The molecule has 2 aromatic heterocycles. The molecular formula is C28H39Cl2N3O5Si.